The molecule has 0 amide bonds. The summed E-state index contributed by atoms with van der Waals surface area (Å²) >= 11 is 1.10. The van der Waals surface area contributed by atoms with Crippen molar-refractivity contribution in [2.24, 2.45) is 0 Å². The minimum absolute atomic E-state index is 0.357. The highest BCUT2D eigenvalue weighted by atomic mass is 32.1. The smallest absolute Gasteiger partial charge is 0.299 e. The van der Waals surface area contributed by atoms with Crippen LogP contribution in [-0.4, -0.2) is 46.5 Å². The van der Waals surface area contributed by atoms with Crippen LogP contribution in [0.25, 0.3) is 11.4 Å². The molecule has 148 valence electrons. The van der Waals surface area contributed by atoms with Gasteiger partial charge in [0.1, 0.15) is 5.82 Å². The third-order valence-corrected chi connectivity index (χ3v) is 5.09. The normalized spacial score (nSPS) is 11.1. The molecule has 0 N–H and O–H groups in total. The van der Waals surface area contributed by atoms with Crippen LogP contribution < -0.4 is 9.47 Å². The number of nitrogens with zero attached hydrogens (tertiary/aromatic N) is 4. The summed E-state index contributed by atoms with van der Waals surface area (Å²) < 4.78 is 29.0. The van der Waals surface area contributed by atoms with Crippen LogP contribution in [0.5, 0.6) is 16.7 Å². The third kappa shape index (κ3) is 4.82. The Labute approximate surface area is 168 Å². The molecule has 8 heteroatoms. The van der Waals surface area contributed by atoms with Crippen LogP contribution in [0.2, 0.25) is 0 Å². The van der Waals surface area contributed by atoms with Gasteiger partial charge in [-0.05, 0) is 56.3 Å². The Bertz CT molecular complexity index is 948. The number of pyridine rings is 1. The molecule has 28 heavy (non-hydrogen) atoms. The van der Waals surface area contributed by atoms with Gasteiger partial charge < -0.3 is 14.4 Å². The predicted octanol–water partition coefficient (Wildman–Crippen LogP) is 4.34. The fraction of sp³-hybridized carbons (Fsp3) is 0.350. The van der Waals surface area contributed by atoms with E-state index in [1.807, 2.05) is 12.1 Å². The number of likely N-dealkylation sites (N-methyl/N-ethyl adjacent to an activating group) is 1. The van der Waals surface area contributed by atoms with Crippen LogP contribution in [0.1, 0.15) is 18.1 Å². The Kier molecular flexibility index (Phi) is 6.53. The van der Waals surface area contributed by atoms with Crippen molar-refractivity contribution in [3.05, 3.63) is 47.5 Å². The van der Waals surface area contributed by atoms with Gasteiger partial charge in [-0.15, -0.1) is 0 Å². The summed E-state index contributed by atoms with van der Waals surface area (Å²) in [6.45, 7) is 6.18. The zero-order chi connectivity index (χ0) is 20.1. The lowest BCUT2D eigenvalue weighted by atomic mass is 10.0. The number of aromatic nitrogens is 3. The highest BCUT2D eigenvalue weighted by molar-refractivity contribution is 7.07. The molecule has 0 fully saturated rings. The van der Waals surface area contributed by atoms with E-state index in [-0.39, 0.29) is 0 Å². The first-order chi connectivity index (χ1) is 13.5. The Hall–Kier alpha value is -2.58. The van der Waals surface area contributed by atoms with Crippen molar-refractivity contribution >= 4 is 11.5 Å². The van der Waals surface area contributed by atoms with E-state index in [0.29, 0.717) is 28.1 Å². The van der Waals surface area contributed by atoms with Crippen molar-refractivity contribution < 1.29 is 13.9 Å². The number of hydrogen-bond donors (Lipinski definition) is 0. The molecule has 0 radical (unpaired) electrons. The van der Waals surface area contributed by atoms with Crippen molar-refractivity contribution in [1.82, 2.24) is 19.2 Å². The average Bonchev–Trinajstić information content (AvgIpc) is 3.15. The maximum absolute atomic E-state index is 13.4. The summed E-state index contributed by atoms with van der Waals surface area (Å²) in [7, 11) is 3.72. The van der Waals surface area contributed by atoms with Gasteiger partial charge in [0.25, 0.3) is 5.19 Å². The van der Waals surface area contributed by atoms with Gasteiger partial charge in [-0.2, -0.15) is 9.36 Å². The third-order valence-electron chi connectivity index (χ3n) is 4.49. The number of hydrogen-bond acceptors (Lipinski definition) is 7. The Balaban J connectivity index is 1.79. The molecule has 2 aromatic heterocycles. The Morgan fingerprint density at radius 1 is 1.18 bits per heavy atom. The van der Waals surface area contributed by atoms with Crippen LogP contribution in [0, 0.1) is 12.7 Å². The standard InChI is InChI=1S/C20H23FN4O2S/c1-5-25(3)7-6-14-10-17(26-4)18(8-13(14)2)27-20-23-19(24-28-20)15-9-16(21)12-22-11-15/h8-12H,5-7H2,1-4H3. The number of methoxy groups -OCH3 is 1. The van der Waals surface area contributed by atoms with E-state index < -0.39 is 5.82 Å². The molecule has 0 saturated carbocycles. The summed E-state index contributed by atoms with van der Waals surface area (Å²) in [6, 6.07) is 5.29. The second-order valence-electron chi connectivity index (χ2n) is 6.45. The van der Waals surface area contributed by atoms with Crippen molar-refractivity contribution in [3.8, 4) is 28.1 Å². The SMILES string of the molecule is CCN(C)CCc1cc(OC)c(Oc2nc(-c3cncc(F)c3)ns2)cc1C. The van der Waals surface area contributed by atoms with Crippen LogP contribution in [0.3, 0.4) is 0 Å². The van der Waals surface area contributed by atoms with Crippen LogP contribution in [0.15, 0.2) is 30.6 Å². The van der Waals surface area contributed by atoms with Crippen molar-refractivity contribution in [2.75, 3.05) is 27.2 Å². The summed E-state index contributed by atoms with van der Waals surface area (Å²) in [6.07, 6.45) is 3.59. The van der Waals surface area contributed by atoms with Gasteiger partial charge in [-0.1, -0.05) is 6.92 Å². The van der Waals surface area contributed by atoms with Crippen LogP contribution in [0.4, 0.5) is 4.39 Å². The first-order valence-electron chi connectivity index (χ1n) is 8.98. The van der Waals surface area contributed by atoms with E-state index in [4.69, 9.17) is 9.47 Å². The minimum Gasteiger partial charge on any atom is -0.493 e. The Morgan fingerprint density at radius 2 is 2.00 bits per heavy atom. The van der Waals surface area contributed by atoms with Crippen molar-refractivity contribution in [2.45, 2.75) is 20.3 Å². The summed E-state index contributed by atoms with van der Waals surface area (Å²) in [4.78, 5) is 10.4. The molecule has 6 nitrogen and oxygen atoms in total. The molecule has 2 heterocycles. The lowest BCUT2D eigenvalue weighted by molar-refractivity contribution is 0.355. The fourth-order valence-corrected chi connectivity index (χ4v) is 3.24. The van der Waals surface area contributed by atoms with E-state index in [9.17, 15) is 4.39 Å². The van der Waals surface area contributed by atoms with Crippen molar-refractivity contribution in [1.29, 1.82) is 0 Å². The fourth-order valence-electron chi connectivity index (χ4n) is 2.68. The topological polar surface area (TPSA) is 60.4 Å². The van der Waals surface area contributed by atoms with Gasteiger partial charge in [-0.25, -0.2) is 4.39 Å². The van der Waals surface area contributed by atoms with E-state index in [1.165, 1.54) is 17.8 Å². The van der Waals surface area contributed by atoms with Gasteiger partial charge in [0, 0.05) is 29.8 Å². The lowest BCUT2D eigenvalue weighted by Crippen LogP contribution is -2.20. The monoisotopic (exact) mass is 402 g/mol. The van der Waals surface area contributed by atoms with Gasteiger partial charge in [-0.3, -0.25) is 4.98 Å². The molecule has 1 aromatic carbocycles. The number of halogens is 1. The first-order valence-corrected chi connectivity index (χ1v) is 9.76. The highest BCUT2D eigenvalue weighted by Crippen LogP contribution is 2.35. The molecule has 0 aliphatic carbocycles. The first kappa shape index (κ1) is 20.2. The second-order valence-corrected chi connectivity index (χ2v) is 7.17. The van der Waals surface area contributed by atoms with E-state index in [1.54, 1.807) is 7.11 Å². The summed E-state index contributed by atoms with van der Waals surface area (Å²) in [5, 5.41) is 0.357. The average molecular weight is 402 g/mol. The molecule has 0 aliphatic heterocycles. The maximum atomic E-state index is 13.4. The number of benzene rings is 1. The second kappa shape index (κ2) is 9.07. The van der Waals surface area contributed by atoms with Crippen LogP contribution >= 0.6 is 11.5 Å². The van der Waals surface area contributed by atoms with Gasteiger partial charge in [0.05, 0.1) is 13.3 Å². The molecule has 0 bridgehead atoms. The van der Waals surface area contributed by atoms with E-state index >= 15 is 0 Å². The minimum atomic E-state index is -0.434. The van der Waals surface area contributed by atoms with E-state index in [0.717, 1.165) is 42.8 Å². The molecule has 0 aliphatic rings. The lowest BCUT2D eigenvalue weighted by Gasteiger charge is -2.16. The summed E-state index contributed by atoms with van der Waals surface area (Å²) in [5.74, 6) is 1.16. The van der Waals surface area contributed by atoms with E-state index in [2.05, 4.69) is 40.1 Å². The zero-order valence-electron chi connectivity index (χ0n) is 16.4. The zero-order valence-corrected chi connectivity index (χ0v) is 17.2. The molecule has 0 atom stereocenters. The van der Waals surface area contributed by atoms with Crippen molar-refractivity contribution in [3.63, 3.8) is 0 Å². The van der Waals surface area contributed by atoms with Crippen LogP contribution in [-0.2, 0) is 6.42 Å². The number of aryl methyl sites for hydroxylation is 1. The largest absolute Gasteiger partial charge is 0.493 e. The quantitative estimate of drug-likeness (QED) is 0.559. The molecule has 0 spiro atoms. The highest BCUT2D eigenvalue weighted by Gasteiger charge is 2.14. The molecule has 0 saturated heterocycles. The molecule has 0 unspecified atom stereocenters. The molecule has 3 aromatic rings. The maximum Gasteiger partial charge on any atom is 0.299 e. The Morgan fingerprint density at radius 3 is 2.71 bits per heavy atom. The number of rotatable bonds is 8. The molecular weight excluding hydrogens is 379 g/mol. The van der Waals surface area contributed by atoms with Gasteiger partial charge in [0.15, 0.2) is 17.3 Å². The predicted molar refractivity (Wildman–Crippen MR) is 108 cm³/mol. The van der Waals surface area contributed by atoms with Gasteiger partial charge >= 0.3 is 0 Å². The molecule has 3 rings (SSSR count). The molecular formula is C20H23FN4O2S. The number of ether oxygens (including phenoxy) is 2. The van der Waals surface area contributed by atoms with Gasteiger partial charge in [0.2, 0.25) is 0 Å². The summed E-state index contributed by atoms with van der Waals surface area (Å²) in [5.41, 5.74) is 2.84.